The van der Waals surface area contributed by atoms with E-state index >= 15 is 0 Å². The molecule has 0 aliphatic carbocycles. The second kappa shape index (κ2) is 5.82. The maximum atomic E-state index is 9.14. The third-order valence-electron chi connectivity index (χ3n) is 3.13. The Labute approximate surface area is 127 Å². The van der Waals surface area contributed by atoms with Gasteiger partial charge >= 0.3 is 0 Å². The number of imidazole rings is 1. The molecule has 1 aliphatic heterocycles. The summed E-state index contributed by atoms with van der Waals surface area (Å²) in [5.74, 6) is 1.17. The van der Waals surface area contributed by atoms with Crippen molar-refractivity contribution in [2.24, 2.45) is 0 Å². The Morgan fingerprint density at radius 1 is 1.18 bits per heavy atom. The van der Waals surface area contributed by atoms with Crippen LogP contribution in [0.2, 0.25) is 0 Å². The van der Waals surface area contributed by atoms with Gasteiger partial charge in [-0.3, -0.25) is 0 Å². The van der Waals surface area contributed by atoms with Crippen molar-refractivity contribution < 1.29 is 4.74 Å². The number of fused-ring (bicyclic) bond motifs is 1. The maximum absolute atomic E-state index is 9.14. The minimum atomic E-state index is 0.0585. The second-order valence-electron chi connectivity index (χ2n) is 4.50. The molecule has 0 saturated heterocycles. The van der Waals surface area contributed by atoms with Crippen LogP contribution in [0, 0.1) is 22.7 Å². The van der Waals surface area contributed by atoms with E-state index < -0.39 is 0 Å². The van der Waals surface area contributed by atoms with Crippen molar-refractivity contribution >= 4 is 11.6 Å². The Morgan fingerprint density at radius 3 is 2.73 bits per heavy atom. The lowest BCUT2D eigenvalue weighted by molar-refractivity contribution is 0.439. The van der Waals surface area contributed by atoms with E-state index in [-0.39, 0.29) is 5.57 Å². The van der Waals surface area contributed by atoms with Gasteiger partial charge in [0, 0.05) is 11.1 Å². The molecule has 0 saturated carbocycles. The Hall–Kier alpha value is -3.57. The molecule has 2 aromatic rings. The highest BCUT2D eigenvalue weighted by atomic mass is 16.5. The molecule has 1 N–H and O–H groups in total. The molecule has 2 heterocycles. The molecule has 1 aliphatic rings. The highest BCUT2D eigenvalue weighted by molar-refractivity contribution is 5.87. The first-order valence-corrected chi connectivity index (χ1v) is 6.51. The summed E-state index contributed by atoms with van der Waals surface area (Å²) >= 11 is 0. The Kier molecular flexibility index (Phi) is 3.55. The number of aromatic nitrogens is 2. The first-order valence-electron chi connectivity index (χ1n) is 6.51. The average molecular weight is 286 g/mol. The monoisotopic (exact) mass is 286 g/mol. The number of nitrogens with zero attached hydrogens (tertiary/aromatic N) is 3. The molecule has 1 aromatic heterocycles. The van der Waals surface area contributed by atoms with Crippen molar-refractivity contribution in [1.82, 2.24) is 9.97 Å². The summed E-state index contributed by atoms with van der Waals surface area (Å²) in [5.41, 5.74) is 2.19. The number of hydrogen-bond acceptors (Lipinski definition) is 4. The largest absolute Gasteiger partial charge is 0.457 e. The van der Waals surface area contributed by atoms with Gasteiger partial charge in [0.15, 0.2) is 0 Å². The van der Waals surface area contributed by atoms with Crippen molar-refractivity contribution in [3.63, 3.8) is 0 Å². The fourth-order valence-corrected chi connectivity index (χ4v) is 2.12. The number of nitriles is 2. The normalized spacial score (nSPS) is 12.8. The molecule has 0 radical (unpaired) electrons. The Morgan fingerprint density at radius 2 is 2.00 bits per heavy atom. The van der Waals surface area contributed by atoms with Crippen LogP contribution in [0.5, 0.6) is 5.75 Å². The van der Waals surface area contributed by atoms with Crippen molar-refractivity contribution in [2.45, 2.75) is 0 Å². The van der Waals surface area contributed by atoms with Crippen molar-refractivity contribution in [2.75, 3.05) is 0 Å². The minimum Gasteiger partial charge on any atom is -0.457 e. The SMILES string of the molecule is N#CC(C#N)=C1C=C(/C=C/c2cnc[nH]2)Oc2ccccc21. The van der Waals surface area contributed by atoms with Crippen LogP contribution < -0.4 is 4.74 Å². The number of ether oxygens (including phenoxy) is 1. The average Bonchev–Trinajstić information content (AvgIpc) is 3.07. The number of allylic oxidation sites excluding steroid dienone is 4. The van der Waals surface area contributed by atoms with Gasteiger partial charge in [-0.05, 0) is 24.3 Å². The maximum Gasteiger partial charge on any atom is 0.137 e. The summed E-state index contributed by atoms with van der Waals surface area (Å²) in [4.78, 5) is 6.88. The third kappa shape index (κ3) is 2.52. The zero-order valence-electron chi connectivity index (χ0n) is 11.4. The van der Waals surface area contributed by atoms with Crippen LogP contribution in [0.4, 0.5) is 0 Å². The molecular formula is C17H10N4O. The fraction of sp³-hybridized carbons (Fsp3) is 0. The van der Waals surface area contributed by atoms with Crippen LogP contribution in [-0.4, -0.2) is 9.97 Å². The van der Waals surface area contributed by atoms with Crippen molar-refractivity contribution in [3.8, 4) is 17.9 Å². The van der Waals surface area contributed by atoms with Gasteiger partial charge in [-0.2, -0.15) is 10.5 Å². The van der Waals surface area contributed by atoms with Gasteiger partial charge in [0.05, 0.1) is 18.2 Å². The molecule has 104 valence electrons. The first-order chi connectivity index (χ1) is 10.8. The predicted molar refractivity (Wildman–Crippen MR) is 80.9 cm³/mol. The number of aromatic amines is 1. The zero-order valence-corrected chi connectivity index (χ0v) is 11.4. The molecule has 5 nitrogen and oxygen atoms in total. The minimum absolute atomic E-state index is 0.0585. The number of para-hydroxylation sites is 1. The lowest BCUT2D eigenvalue weighted by Gasteiger charge is -2.18. The number of H-pyrrole nitrogens is 1. The van der Waals surface area contributed by atoms with Gasteiger partial charge in [0.1, 0.15) is 29.2 Å². The highest BCUT2D eigenvalue weighted by Crippen LogP contribution is 2.35. The summed E-state index contributed by atoms with van der Waals surface area (Å²) in [6, 6.07) is 11.2. The van der Waals surface area contributed by atoms with E-state index in [4.69, 9.17) is 15.3 Å². The van der Waals surface area contributed by atoms with Gasteiger partial charge in [0.2, 0.25) is 0 Å². The lowest BCUT2D eigenvalue weighted by atomic mass is 9.97. The molecular weight excluding hydrogens is 276 g/mol. The summed E-state index contributed by atoms with van der Waals surface area (Å²) in [6.45, 7) is 0. The van der Waals surface area contributed by atoms with Crippen LogP contribution >= 0.6 is 0 Å². The van der Waals surface area contributed by atoms with Crippen LogP contribution in [0.1, 0.15) is 11.3 Å². The van der Waals surface area contributed by atoms with E-state index in [0.717, 1.165) is 11.3 Å². The molecule has 1 aromatic carbocycles. The van der Waals surface area contributed by atoms with Gasteiger partial charge in [-0.25, -0.2) is 4.98 Å². The zero-order chi connectivity index (χ0) is 15.4. The van der Waals surface area contributed by atoms with E-state index in [1.807, 2.05) is 36.4 Å². The van der Waals surface area contributed by atoms with E-state index in [9.17, 15) is 0 Å². The summed E-state index contributed by atoms with van der Waals surface area (Å²) in [6.07, 6.45) is 8.52. The molecule has 3 rings (SSSR count). The van der Waals surface area contributed by atoms with Crippen LogP contribution in [-0.2, 0) is 0 Å². The molecule has 22 heavy (non-hydrogen) atoms. The van der Waals surface area contributed by atoms with E-state index in [1.54, 1.807) is 30.7 Å². The number of hydrogen-bond donors (Lipinski definition) is 1. The lowest BCUT2D eigenvalue weighted by Crippen LogP contribution is -2.03. The smallest absolute Gasteiger partial charge is 0.137 e. The van der Waals surface area contributed by atoms with E-state index in [0.29, 0.717) is 17.1 Å². The highest BCUT2D eigenvalue weighted by Gasteiger charge is 2.18. The number of benzene rings is 1. The summed E-state index contributed by atoms with van der Waals surface area (Å²) in [5, 5.41) is 18.3. The van der Waals surface area contributed by atoms with Gasteiger partial charge in [0.25, 0.3) is 0 Å². The Balaban J connectivity index is 2.06. The van der Waals surface area contributed by atoms with Crippen molar-refractivity contribution in [1.29, 1.82) is 10.5 Å². The first kappa shape index (κ1) is 13.4. The molecule has 5 heteroatoms. The molecule has 0 amide bonds. The molecule has 0 spiro atoms. The van der Waals surface area contributed by atoms with E-state index in [2.05, 4.69) is 9.97 Å². The summed E-state index contributed by atoms with van der Waals surface area (Å²) < 4.78 is 5.79. The fourth-order valence-electron chi connectivity index (χ4n) is 2.12. The van der Waals surface area contributed by atoms with Crippen LogP contribution in [0.15, 0.2) is 60.3 Å². The standard InChI is InChI=1S/C17H10N4O/c18-8-12(9-19)16-7-14(6-5-13-10-20-11-21-13)22-17-4-2-1-3-15(16)17/h1-7,10-11H,(H,20,21)/b6-5+. The molecule has 0 atom stereocenters. The van der Waals surface area contributed by atoms with Crippen molar-refractivity contribution in [3.05, 3.63) is 71.5 Å². The number of rotatable bonds is 2. The van der Waals surface area contributed by atoms with E-state index in [1.165, 1.54) is 0 Å². The van der Waals surface area contributed by atoms with Crippen LogP contribution in [0.3, 0.4) is 0 Å². The van der Waals surface area contributed by atoms with Crippen LogP contribution in [0.25, 0.3) is 11.6 Å². The quantitative estimate of drug-likeness (QED) is 0.859. The van der Waals surface area contributed by atoms with Gasteiger partial charge < -0.3 is 9.72 Å². The second-order valence-corrected chi connectivity index (χ2v) is 4.50. The third-order valence-corrected chi connectivity index (χ3v) is 3.13. The topological polar surface area (TPSA) is 85.5 Å². The van der Waals surface area contributed by atoms with Gasteiger partial charge in [-0.1, -0.05) is 18.2 Å². The molecule has 0 fully saturated rings. The number of nitrogens with one attached hydrogen (secondary N) is 1. The summed E-state index contributed by atoms with van der Waals surface area (Å²) in [7, 11) is 0. The molecule has 0 bridgehead atoms. The molecule has 0 unspecified atom stereocenters. The predicted octanol–water partition coefficient (Wildman–Crippen LogP) is 3.20. The Bertz CT molecular complexity index is 858. The van der Waals surface area contributed by atoms with Gasteiger partial charge in [-0.15, -0.1) is 0 Å².